The van der Waals surface area contributed by atoms with Crippen molar-refractivity contribution in [2.24, 2.45) is 0 Å². The summed E-state index contributed by atoms with van der Waals surface area (Å²) in [4.78, 5) is 15.5. The van der Waals surface area contributed by atoms with Crippen LogP contribution in [0.5, 0.6) is 0 Å². The van der Waals surface area contributed by atoms with E-state index in [1.807, 2.05) is 66.4 Å². The van der Waals surface area contributed by atoms with Gasteiger partial charge in [-0.2, -0.15) is 4.31 Å². The minimum absolute atomic E-state index is 0.142. The Kier molecular flexibility index (Phi) is 7.14. The Balaban J connectivity index is 1.52. The summed E-state index contributed by atoms with van der Waals surface area (Å²) in [5.74, 6) is -0.142. The van der Waals surface area contributed by atoms with E-state index in [0.29, 0.717) is 18.1 Å². The van der Waals surface area contributed by atoms with E-state index in [1.165, 1.54) is 10.4 Å². The van der Waals surface area contributed by atoms with Crippen LogP contribution in [-0.2, 0) is 14.8 Å². The topological polar surface area (TPSA) is 69.7 Å². The highest BCUT2D eigenvalue weighted by atomic mass is 35.5. The van der Waals surface area contributed by atoms with Crippen LogP contribution in [-0.4, -0.2) is 49.7 Å². The van der Waals surface area contributed by atoms with Gasteiger partial charge < -0.3 is 5.32 Å². The Hall–Kier alpha value is -2.71. The first-order valence-electron chi connectivity index (χ1n) is 10.8. The molecule has 1 amide bonds. The van der Waals surface area contributed by atoms with Crippen molar-refractivity contribution in [3.8, 4) is 0 Å². The molecule has 3 aromatic rings. The number of halogens is 1. The van der Waals surface area contributed by atoms with Gasteiger partial charge in [0.25, 0.3) is 0 Å². The predicted octanol–water partition coefficient (Wildman–Crippen LogP) is 4.33. The maximum Gasteiger partial charge on any atom is 0.246 e. The molecule has 1 fully saturated rings. The zero-order valence-corrected chi connectivity index (χ0v) is 19.9. The van der Waals surface area contributed by atoms with Gasteiger partial charge in [-0.3, -0.25) is 9.69 Å². The molecule has 0 aromatic heterocycles. The van der Waals surface area contributed by atoms with Crippen molar-refractivity contribution >= 4 is 33.2 Å². The molecule has 33 heavy (non-hydrogen) atoms. The molecule has 8 heteroatoms. The largest absolute Gasteiger partial charge is 0.324 e. The molecule has 6 nitrogen and oxygen atoms in total. The van der Waals surface area contributed by atoms with Crippen molar-refractivity contribution in [1.82, 2.24) is 9.21 Å². The molecule has 1 atom stereocenters. The van der Waals surface area contributed by atoms with Crippen LogP contribution in [0.1, 0.15) is 17.2 Å². The Bertz CT molecular complexity index is 1210. The SMILES string of the molecule is Cc1ccc(NC(=O)C(c2ccccc2)N2CCN(S(=O)(=O)c3cccc(Cl)c3)CC2)cc1. The lowest BCUT2D eigenvalue weighted by Crippen LogP contribution is -2.51. The van der Waals surface area contributed by atoms with Gasteiger partial charge in [-0.1, -0.05) is 65.7 Å². The average molecular weight is 484 g/mol. The second-order valence-electron chi connectivity index (χ2n) is 8.07. The number of piperazine rings is 1. The molecular formula is C25H26ClN3O3S. The van der Waals surface area contributed by atoms with Crippen molar-refractivity contribution in [1.29, 1.82) is 0 Å². The number of rotatable bonds is 6. The van der Waals surface area contributed by atoms with Crippen LogP contribution in [0.2, 0.25) is 5.02 Å². The van der Waals surface area contributed by atoms with Crippen LogP contribution in [0.25, 0.3) is 0 Å². The molecule has 1 N–H and O–H groups in total. The van der Waals surface area contributed by atoms with Gasteiger partial charge in [0.1, 0.15) is 6.04 Å². The first-order chi connectivity index (χ1) is 15.8. The third-order valence-corrected chi connectivity index (χ3v) is 7.88. The highest BCUT2D eigenvalue weighted by molar-refractivity contribution is 7.89. The minimum atomic E-state index is -3.65. The standard InChI is InChI=1S/C25H26ClN3O3S/c1-19-10-12-22(13-11-19)27-25(30)24(20-6-3-2-4-7-20)28-14-16-29(17-15-28)33(31,32)23-9-5-8-21(26)18-23/h2-13,18,24H,14-17H2,1H3,(H,27,30). The smallest absolute Gasteiger partial charge is 0.246 e. The summed E-state index contributed by atoms with van der Waals surface area (Å²) in [6, 6.07) is 23.0. The molecule has 0 saturated carbocycles. The monoisotopic (exact) mass is 483 g/mol. The molecule has 1 aliphatic rings. The second kappa shape index (κ2) is 10.1. The van der Waals surface area contributed by atoms with E-state index in [-0.39, 0.29) is 23.9 Å². The van der Waals surface area contributed by atoms with Crippen molar-refractivity contribution < 1.29 is 13.2 Å². The van der Waals surface area contributed by atoms with E-state index in [4.69, 9.17) is 11.6 Å². The Morgan fingerprint density at radius 3 is 2.21 bits per heavy atom. The number of amides is 1. The third-order valence-electron chi connectivity index (χ3n) is 5.75. The molecule has 172 valence electrons. The number of nitrogens with one attached hydrogen (secondary N) is 1. The van der Waals surface area contributed by atoms with Gasteiger partial charge in [0, 0.05) is 36.9 Å². The molecule has 1 unspecified atom stereocenters. The number of hydrogen-bond donors (Lipinski definition) is 1. The number of anilines is 1. The molecule has 1 saturated heterocycles. The number of carbonyl (C=O) groups excluding carboxylic acids is 1. The molecule has 0 radical (unpaired) electrons. The average Bonchev–Trinajstić information content (AvgIpc) is 2.82. The van der Waals surface area contributed by atoms with Crippen LogP contribution in [0.3, 0.4) is 0 Å². The van der Waals surface area contributed by atoms with E-state index in [0.717, 1.165) is 16.8 Å². The third kappa shape index (κ3) is 5.45. The number of nitrogens with zero attached hydrogens (tertiary/aromatic N) is 2. The molecular weight excluding hydrogens is 458 g/mol. The van der Waals surface area contributed by atoms with Crippen LogP contribution in [0.15, 0.2) is 83.8 Å². The van der Waals surface area contributed by atoms with Gasteiger partial charge in [-0.05, 0) is 42.8 Å². The summed E-state index contributed by atoms with van der Waals surface area (Å²) in [5, 5.41) is 3.39. The zero-order chi connectivity index (χ0) is 23.4. The Morgan fingerprint density at radius 2 is 1.58 bits per heavy atom. The first kappa shape index (κ1) is 23.4. The lowest BCUT2D eigenvalue weighted by Gasteiger charge is -2.38. The van der Waals surface area contributed by atoms with Crippen molar-refractivity contribution in [2.75, 3.05) is 31.5 Å². The first-order valence-corrected chi connectivity index (χ1v) is 12.6. The molecule has 0 bridgehead atoms. The number of hydrogen-bond acceptors (Lipinski definition) is 4. The number of aryl methyl sites for hydroxylation is 1. The van der Waals surface area contributed by atoms with E-state index in [9.17, 15) is 13.2 Å². The van der Waals surface area contributed by atoms with Crippen molar-refractivity contribution in [2.45, 2.75) is 17.9 Å². The molecule has 4 rings (SSSR count). The second-order valence-corrected chi connectivity index (χ2v) is 10.4. The van der Waals surface area contributed by atoms with Gasteiger partial charge in [0.15, 0.2) is 0 Å². The summed E-state index contributed by atoms with van der Waals surface area (Å²) in [7, 11) is -3.65. The van der Waals surface area contributed by atoms with Gasteiger partial charge in [-0.15, -0.1) is 0 Å². The van der Waals surface area contributed by atoms with E-state index in [1.54, 1.807) is 18.2 Å². The molecule has 1 heterocycles. The highest BCUT2D eigenvalue weighted by Crippen LogP contribution is 2.27. The van der Waals surface area contributed by atoms with Gasteiger partial charge in [0.05, 0.1) is 4.90 Å². The molecule has 0 aliphatic carbocycles. The molecule has 1 aliphatic heterocycles. The van der Waals surface area contributed by atoms with Crippen LogP contribution in [0.4, 0.5) is 5.69 Å². The van der Waals surface area contributed by atoms with Gasteiger partial charge in [-0.25, -0.2) is 8.42 Å². The lowest BCUT2D eigenvalue weighted by atomic mass is 10.0. The molecule has 3 aromatic carbocycles. The lowest BCUT2D eigenvalue weighted by molar-refractivity contribution is -0.122. The van der Waals surface area contributed by atoms with E-state index < -0.39 is 16.1 Å². The normalized spacial score (nSPS) is 16.3. The number of sulfonamides is 1. The van der Waals surface area contributed by atoms with Crippen molar-refractivity contribution in [3.05, 3.63) is 95.0 Å². The van der Waals surface area contributed by atoms with E-state index in [2.05, 4.69) is 5.32 Å². The fourth-order valence-corrected chi connectivity index (χ4v) is 5.71. The summed E-state index contributed by atoms with van der Waals surface area (Å²) in [6.45, 7) is 3.43. The summed E-state index contributed by atoms with van der Waals surface area (Å²) in [5.41, 5.74) is 2.71. The Morgan fingerprint density at radius 1 is 0.909 bits per heavy atom. The van der Waals surface area contributed by atoms with Gasteiger partial charge in [0.2, 0.25) is 15.9 Å². The quantitative estimate of drug-likeness (QED) is 0.566. The number of benzene rings is 3. The fourth-order valence-electron chi connectivity index (χ4n) is 3.99. The predicted molar refractivity (Wildman–Crippen MR) is 131 cm³/mol. The number of carbonyl (C=O) groups is 1. The Labute approximate surface area is 199 Å². The molecule has 0 spiro atoms. The minimum Gasteiger partial charge on any atom is -0.324 e. The summed E-state index contributed by atoms with van der Waals surface area (Å²) >= 11 is 6.00. The van der Waals surface area contributed by atoms with Crippen LogP contribution < -0.4 is 5.32 Å². The highest BCUT2D eigenvalue weighted by Gasteiger charge is 2.34. The zero-order valence-electron chi connectivity index (χ0n) is 18.3. The van der Waals surface area contributed by atoms with Crippen molar-refractivity contribution in [3.63, 3.8) is 0 Å². The maximum atomic E-state index is 13.3. The fraction of sp³-hybridized carbons (Fsp3) is 0.240. The summed E-state index contributed by atoms with van der Waals surface area (Å²) in [6.07, 6.45) is 0. The van der Waals surface area contributed by atoms with Gasteiger partial charge >= 0.3 is 0 Å². The maximum absolute atomic E-state index is 13.3. The van der Waals surface area contributed by atoms with Crippen LogP contribution in [0, 0.1) is 6.92 Å². The summed E-state index contributed by atoms with van der Waals surface area (Å²) < 4.78 is 27.6. The van der Waals surface area contributed by atoms with Crippen LogP contribution >= 0.6 is 11.6 Å². The van der Waals surface area contributed by atoms with E-state index >= 15 is 0 Å².